The summed E-state index contributed by atoms with van der Waals surface area (Å²) in [6.07, 6.45) is 0. The van der Waals surface area contributed by atoms with Crippen LogP contribution in [0.2, 0.25) is 0 Å². The predicted molar refractivity (Wildman–Crippen MR) is 96.1 cm³/mol. The fraction of sp³-hybridized carbons (Fsp3) is 0.118. The second-order valence-corrected chi connectivity index (χ2v) is 5.44. The third-order valence-corrected chi connectivity index (χ3v) is 3.43. The Morgan fingerprint density at radius 1 is 1.12 bits per heavy atom. The van der Waals surface area contributed by atoms with Crippen LogP contribution in [0, 0.1) is 17.0 Å². The van der Waals surface area contributed by atoms with Crippen LogP contribution < -0.4 is 15.8 Å². The van der Waals surface area contributed by atoms with Crippen LogP contribution in [0.3, 0.4) is 0 Å². The van der Waals surface area contributed by atoms with Gasteiger partial charge in [0.1, 0.15) is 6.61 Å². The van der Waals surface area contributed by atoms with Crippen molar-refractivity contribution in [2.45, 2.75) is 13.5 Å². The molecular weight excluding hydrogens is 336 g/mol. The minimum absolute atomic E-state index is 0.0239. The molecule has 0 bridgehead atoms. The Labute approximate surface area is 149 Å². The highest BCUT2D eigenvalue weighted by Crippen LogP contribution is 2.26. The zero-order chi connectivity index (χ0) is 18.5. The number of ether oxygens (including phenoxy) is 1. The van der Waals surface area contributed by atoms with Crippen LogP contribution in [0.5, 0.6) is 5.75 Å². The number of aryl methyl sites for hydroxylation is 1. The van der Waals surface area contributed by atoms with Crippen molar-refractivity contribution in [1.29, 1.82) is 0 Å². The van der Waals surface area contributed by atoms with Gasteiger partial charge in [-0.25, -0.2) is 0 Å². The highest BCUT2D eigenvalue weighted by atomic mass is 16.6. The van der Waals surface area contributed by atoms with Gasteiger partial charge in [0.25, 0.3) is 0 Å². The number of anilines is 3. The van der Waals surface area contributed by atoms with E-state index in [2.05, 4.69) is 20.3 Å². The summed E-state index contributed by atoms with van der Waals surface area (Å²) in [4.78, 5) is 22.8. The number of nitrogens with two attached hydrogens (primary N) is 1. The fourth-order valence-corrected chi connectivity index (χ4v) is 2.20. The number of hydrogen-bond acceptors (Lipinski definition) is 8. The van der Waals surface area contributed by atoms with Crippen LogP contribution in [0.15, 0.2) is 48.5 Å². The molecule has 0 atom stereocenters. The van der Waals surface area contributed by atoms with Crippen molar-refractivity contribution in [1.82, 2.24) is 15.0 Å². The quantitative estimate of drug-likeness (QED) is 0.511. The molecule has 0 radical (unpaired) electrons. The molecule has 0 saturated carbocycles. The Morgan fingerprint density at radius 3 is 2.58 bits per heavy atom. The molecule has 132 valence electrons. The molecule has 3 N–H and O–H groups in total. The number of nitro groups is 1. The third kappa shape index (κ3) is 4.20. The molecule has 0 aliphatic rings. The van der Waals surface area contributed by atoms with Gasteiger partial charge in [0.05, 0.1) is 4.92 Å². The molecule has 3 rings (SSSR count). The van der Waals surface area contributed by atoms with Gasteiger partial charge in [0.2, 0.25) is 11.9 Å². The summed E-state index contributed by atoms with van der Waals surface area (Å²) in [5.41, 5.74) is 7.51. The fourth-order valence-electron chi connectivity index (χ4n) is 2.20. The minimum atomic E-state index is -0.512. The van der Waals surface area contributed by atoms with E-state index in [1.807, 2.05) is 31.2 Å². The van der Waals surface area contributed by atoms with Gasteiger partial charge in [0, 0.05) is 11.8 Å². The van der Waals surface area contributed by atoms with Gasteiger partial charge < -0.3 is 15.8 Å². The monoisotopic (exact) mass is 352 g/mol. The van der Waals surface area contributed by atoms with E-state index >= 15 is 0 Å². The summed E-state index contributed by atoms with van der Waals surface area (Å²) in [6.45, 7) is 1.91. The molecule has 0 unspecified atom stereocenters. The molecule has 3 aromatic rings. The number of nitro benzene ring substituents is 1. The van der Waals surface area contributed by atoms with Crippen LogP contribution in [0.25, 0.3) is 0 Å². The highest BCUT2D eigenvalue weighted by molar-refractivity contribution is 5.54. The molecule has 9 nitrogen and oxygen atoms in total. The number of rotatable bonds is 6. The van der Waals surface area contributed by atoms with Gasteiger partial charge in [-0.15, -0.1) is 0 Å². The lowest BCUT2D eigenvalue weighted by molar-refractivity contribution is -0.385. The smallest absolute Gasteiger partial charge is 0.310 e. The van der Waals surface area contributed by atoms with Crippen molar-refractivity contribution in [2.24, 2.45) is 0 Å². The Morgan fingerprint density at radius 2 is 1.85 bits per heavy atom. The van der Waals surface area contributed by atoms with Crippen molar-refractivity contribution in [2.75, 3.05) is 11.1 Å². The van der Waals surface area contributed by atoms with Crippen molar-refractivity contribution < 1.29 is 9.66 Å². The Bertz CT molecular complexity index is 930. The van der Waals surface area contributed by atoms with Crippen LogP contribution >= 0.6 is 0 Å². The summed E-state index contributed by atoms with van der Waals surface area (Å²) in [5.74, 6) is 0.674. The number of benzene rings is 2. The Balaban J connectivity index is 1.76. The second kappa shape index (κ2) is 7.43. The van der Waals surface area contributed by atoms with Crippen molar-refractivity contribution >= 4 is 23.3 Å². The predicted octanol–water partition coefficient (Wildman–Crippen LogP) is 2.99. The third-order valence-electron chi connectivity index (χ3n) is 3.43. The van der Waals surface area contributed by atoms with E-state index in [9.17, 15) is 10.1 Å². The number of para-hydroxylation sites is 2. The molecule has 0 fully saturated rings. The molecule has 0 aliphatic carbocycles. The number of hydrogen-bond donors (Lipinski definition) is 2. The van der Waals surface area contributed by atoms with Crippen LogP contribution in [-0.4, -0.2) is 19.9 Å². The first-order chi connectivity index (χ1) is 12.5. The number of nitrogen functional groups attached to an aromatic ring is 1. The molecule has 26 heavy (non-hydrogen) atoms. The maximum Gasteiger partial charge on any atom is 0.310 e. The lowest BCUT2D eigenvalue weighted by atomic mass is 10.2. The average Bonchev–Trinajstić information content (AvgIpc) is 2.62. The highest BCUT2D eigenvalue weighted by Gasteiger charge is 2.14. The first kappa shape index (κ1) is 17.1. The number of aromatic nitrogens is 3. The second-order valence-electron chi connectivity index (χ2n) is 5.44. The summed E-state index contributed by atoms with van der Waals surface area (Å²) < 4.78 is 5.48. The molecule has 9 heteroatoms. The Kier molecular flexibility index (Phi) is 4.88. The molecule has 0 spiro atoms. The van der Waals surface area contributed by atoms with Crippen molar-refractivity contribution in [3.63, 3.8) is 0 Å². The summed E-state index contributed by atoms with van der Waals surface area (Å²) in [7, 11) is 0. The SMILES string of the molecule is Cc1ccc(Nc2nc(N)nc(COc3ccccc3[N+](=O)[O-])n2)cc1. The van der Waals surface area contributed by atoms with Gasteiger partial charge in [-0.3, -0.25) is 10.1 Å². The maximum absolute atomic E-state index is 11.0. The summed E-state index contributed by atoms with van der Waals surface area (Å²) in [5, 5.41) is 14.1. The zero-order valence-electron chi connectivity index (χ0n) is 13.9. The normalized spacial score (nSPS) is 10.3. The first-order valence-electron chi connectivity index (χ1n) is 7.71. The lowest BCUT2D eigenvalue weighted by Crippen LogP contribution is -2.09. The number of nitrogens with one attached hydrogen (secondary N) is 1. The van der Waals surface area contributed by atoms with E-state index in [1.165, 1.54) is 12.1 Å². The van der Waals surface area contributed by atoms with E-state index in [-0.39, 0.29) is 35.8 Å². The topological polar surface area (TPSA) is 129 Å². The molecule has 1 aromatic heterocycles. The van der Waals surface area contributed by atoms with Gasteiger partial charge in [0.15, 0.2) is 11.6 Å². The molecule has 0 saturated heterocycles. The van der Waals surface area contributed by atoms with Gasteiger partial charge in [-0.05, 0) is 25.1 Å². The minimum Gasteiger partial charge on any atom is -0.479 e. The molecular formula is C17H16N6O3. The first-order valence-corrected chi connectivity index (χ1v) is 7.71. The van der Waals surface area contributed by atoms with E-state index < -0.39 is 4.92 Å². The summed E-state index contributed by atoms with van der Waals surface area (Å²) in [6, 6.07) is 13.8. The molecule has 0 amide bonds. The lowest BCUT2D eigenvalue weighted by Gasteiger charge is -2.09. The molecule has 2 aromatic carbocycles. The van der Waals surface area contributed by atoms with E-state index in [4.69, 9.17) is 10.5 Å². The van der Waals surface area contributed by atoms with Crippen LogP contribution in [0.4, 0.5) is 23.3 Å². The maximum atomic E-state index is 11.0. The van der Waals surface area contributed by atoms with Gasteiger partial charge in [-0.2, -0.15) is 15.0 Å². The largest absolute Gasteiger partial charge is 0.479 e. The number of nitrogens with zero attached hydrogens (tertiary/aromatic N) is 4. The zero-order valence-corrected chi connectivity index (χ0v) is 13.9. The Hall–Kier alpha value is -3.75. The molecule has 0 aliphatic heterocycles. The summed E-state index contributed by atoms with van der Waals surface area (Å²) >= 11 is 0. The van der Waals surface area contributed by atoms with Crippen molar-refractivity contribution in [3.8, 4) is 5.75 Å². The standard InChI is InChI=1S/C17H16N6O3/c1-11-6-8-12(9-7-11)19-17-21-15(20-16(18)22-17)10-26-14-5-3-2-4-13(14)23(24)25/h2-9H,10H2,1H3,(H3,18,19,20,21,22). The van der Waals surface area contributed by atoms with Crippen LogP contribution in [0.1, 0.15) is 11.4 Å². The van der Waals surface area contributed by atoms with E-state index in [1.54, 1.807) is 12.1 Å². The van der Waals surface area contributed by atoms with Gasteiger partial charge >= 0.3 is 5.69 Å². The molecule has 1 heterocycles. The van der Waals surface area contributed by atoms with E-state index in [0.29, 0.717) is 0 Å². The average molecular weight is 352 g/mol. The van der Waals surface area contributed by atoms with E-state index in [0.717, 1.165) is 11.3 Å². The van der Waals surface area contributed by atoms with Gasteiger partial charge in [-0.1, -0.05) is 29.8 Å². The van der Waals surface area contributed by atoms with Crippen molar-refractivity contribution in [3.05, 3.63) is 70.0 Å². The van der Waals surface area contributed by atoms with Crippen LogP contribution in [-0.2, 0) is 6.61 Å².